The number of aromatic nitrogens is 1. The Balaban J connectivity index is 2.40. The van der Waals surface area contributed by atoms with Crippen molar-refractivity contribution in [3.63, 3.8) is 0 Å². The van der Waals surface area contributed by atoms with Crippen molar-refractivity contribution >= 4 is 21.9 Å². The summed E-state index contributed by atoms with van der Waals surface area (Å²) in [4.78, 5) is 12.0. The van der Waals surface area contributed by atoms with Gasteiger partial charge in [-0.05, 0) is 48.3 Å². The van der Waals surface area contributed by atoms with Crippen molar-refractivity contribution in [1.29, 1.82) is 0 Å². The van der Waals surface area contributed by atoms with Crippen molar-refractivity contribution in [2.75, 3.05) is 7.11 Å². The van der Waals surface area contributed by atoms with E-state index in [2.05, 4.69) is 27.7 Å². The molecule has 0 saturated heterocycles. The lowest BCUT2D eigenvalue weighted by Crippen LogP contribution is -2.09. The molecular weight excluding hydrogens is 362 g/mol. The molecule has 0 unspecified atom stereocenters. The number of methoxy groups -OCH3 is 1. The smallest absolute Gasteiger partial charge is 0.338 e. The van der Waals surface area contributed by atoms with Crippen LogP contribution in [0.3, 0.4) is 0 Å². The number of hydrogen-bond acceptors (Lipinski definition) is 5. The fourth-order valence-corrected chi connectivity index (χ4v) is 2.74. The molecule has 0 aliphatic heterocycles. The molecule has 0 saturated carbocycles. The third-order valence-electron chi connectivity index (χ3n) is 3.51. The van der Waals surface area contributed by atoms with Gasteiger partial charge in [-0.3, -0.25) is 0 Å². The third-order valence-corrected chi connectivity index (χ3v) is 4.13. The minimum Gasteiger partial charge on any atom is -0.487 e. The van der Waals surface area contributed by atoms with Crippen LogP contribution in [0.5, 0.6) is 5.75 Å². The second-order valence-corrected chi connectivity index (χ2v) is 5.83. The van der Waals surface area contributed by atoms with Gasteiger partial charge in [0.15, 0.2) is 0 Å². The molecule has 0 radical (unpaired) electrons. The zero-order valence-electron chi connectivity index (χ0n) is 13.3. The normalized spacial score (nSPS) is 10.4. The van der Waals surface area contributed by atoms with Crippen LogP contribution in [0.1, 0.15) is 32.9 Å². The third kappa shape index (κ3) is 3.64. The fourth-order valence-electron chi connectivity index (χ4n) is 2.26. The van der Waals surface area contributed by atoms with Gasteiger partial charge >= 0.3 is 5.97 Å². The first-order valence-corrected chi connectivity index (χ1v) is 7.84. The zero-order valence-corrected chi connectivity index (χ0v) is 14.9. The van der Waals surface area contributed by atoms with Crippen molar-refractivity contribution < 1.29 is 18.8 Å². The monoisotopic (exact) mass is 379 g/mol. The van der Waals surface area contributed by atoms with E-state index in [1.54, 1.807) is 18.2 Å². The van der Waals surface area contributed by atoms with Gasteiger partial charge in [-0.2, -0.15) is 0 Å². The number of nitrogens with zero attached hydrogens (tertiary/aromatic N) is 1. The summed E-state index contributed by atoms with van der Waals surface area (Å²) >= 11 is 3.47. The summed E-state index contributed by atoms with van der Waals surface area (Å²) in [5, 5.41) is 3.91. The minimum absolute atomic E-state index is 0.300. The minimum atomic E-state index is -0.406. The van der Waals surface area contributed by atoms with Crippen LogP contribution in [0.4, 0.5) is 0 Å². The largest absolute Gasteiger partial charge is 0.487 e. The van der Waals surface area contributed by atoms with Crippen LogP contribution in [0, 0.1) is 13.8 Å². The highest BCUT2D eigenvalue weighted by Gasteiger charge is 2.19. The van der Waals surface area contributed by atoms with E-state index < -0.39 is 5.97 Å². The van der Waals surface area contributed by atoms with Gasteiger partial charge in [0.25, 0.3) is 0 Å². The number of ether oxygens (including phenoxy) is 2. The van der Waals surface area contributed by atoms with Gasteiger partial charge in [-0.1, -0.05) is 11.2 Å². The van der Waals surface area contributed by atoms with Crippen molar-refractivity contribution in [2.24, 2.45) is 0 Å². The maximum absolute atomic E-state index is 12.0. The summed E-state index contributed by atoms with van der Waals surface area (Å²) in [5.41, 5.74) is 2.87. The Labute approximate surface area is 143 Å². The number of allylic oxidation sites excluding steroid dienone is 1. The van der Waals surface area contributed by atoms with Gasteiger partial charge < -0.3 is 14.0 Å². The number of halogens is 1. The van der Waals surface area contributed by atoms with E-state index in [-0.39, 0.29) is 0 Å². The van der Waals surface area contributed by atoms with Gasteiger partial charge in [0, 0.05) is 5.56 Å². The van der Waals surface area contributed by atoms with E-state index in [9.17, 15) is 4.79 Å². The molecule has 122 valence electrons. The Morgan fingerprint density at radius 1 is 1.39 bits per heavy atom. The van der Waals surface area contributed by atoms with Crippen LogP contribution in [0.2, 0.25) is 0 Å². The Bertz CT molecular complexity index is 717. The quantitative estimate of drug-likeness (QED) is 0.557. The van der Waals surface area contributed by atoms with Crippen molar-refractivity contribution in [1.82, 2.24) is 5.16 Å². The molecule has 2 aromatic rings. The van der Waals surface area contributed by atoms with Gasteiger partial charge in [0.1, 0.15) is 18.1 Å². The Hall–Kier alpha value is -2.08. The lowest BCUT2D eigenvalue weighted by atomic mass is 10.0. The standard InChI is InChI=1S/C17H18BrNO4/c1-5-6-12-13(17(20)21-4)7-8-15(18)16(12)22-9-14-10(2)19-23-11(14)3/h5,7-8H,1,6,9H2,2-4H3. The molecule has 1 heterocycles. The lowest BCUT2D eigenvalue weighted by Gasteiger charge is -2.15. The molecule has 0 aliphatic rings. The SMILES string of the molecule is C=CCc1c(C(=O)OC)ccc(Br)c1OCc1c(C)noc1C. The van der Waals surface area contributed by atoms with Gasteiger partial charge in [-0.25, -0.2) is 4.79 Å². The lowest BCUT2D eigenvalue weighted by molar-refractivity contribution is 0.0599. The molecule has 0 aliphatic carbocycles. The maximum Gasteiger partial charge on any atom is 0.338 e. The number of rotatable bonds is 6. The summed E-state index contributed by atoms with van der Waals surface area (Å²) in [6.07, 6.45) is 2.21. The van der Waals surface area contributed by atoms with E-state index in [4.69, 9.17) is 14.0 Å². The van der Waals surface area contributed by atoms with E-state index in [1.807, 2.05) is 13.8 Å². The van der Waals surface area contributed by atoms with Crippen LogP contribution >= 0.6 is 15.9 Å². The molecule has 0 spiro atoms. The predicted molar refractivity (Wildman–Crippen MR) is 89.7 cm³/mol. The Morgan fingerprint density at radius 3 is 2.70 bits per heavy atom. The molecule has 0 fully saturated rings. The molecule has 23 heavy (non-hydrogen) atoms. The van der Waals surface area contributed by atoms with E-state index in [1.165, 1.54) is 7.11 Å². The van der Waals surface area contributed by atoms with Crippen LogP contribution in [0.25, 0.3) is 0 Å². The maximum atomic E-state index is 12.0. The highest BCUT2D eigenvalue weighted by Crippen LogP contribution is 2.34. The van der Waals surface area contributed by atoms with E-state index in [0.29, 0.717) is 30.1 Å². The van der Waals surface area contributed by atoms with Crippen LogP contribution < -0.4 is 4.74 Å². The summed E-state index contributed by atoms with van der Waals surface area (Å²) < 4.78 is 16.7. The predicted octanol–water partition coefficient (Wildman–Crippen LogP) is 4.15. The Kier molecular flexibility index (Phi) is 5.60. The van der Waals surface area contributed by atoms with Crippen molar-refractivity contribution in [3.8, 4) is 5.75 Å². The van der Waals surface area contributed by atoms with Gasteiger partial charge in [0.05, 0.1) is 28.4 Å². The first-order valence-electron chi connectivity index (χ1n) is 7.04. The second-order valence-electron chi connectivity index (χ2n) is 4.98. The Morgan fingerprint density at radius 2 is 2.13 bits per heavy atom. The first-order chi connectivity index (χ1) is 11.0. The molecule has 0 bridgehead atoms. The zero-order chi connectivity index (χ0) is 17.0. The number of esters is 1. The second kappa shape index (κ2) is 7.46. The number of carbonyl (C=O) groups is 1. The molecule has 2 rings (SSSR count). The summed E-state index contributed by atoms with van der Waals surface area (Å²) in [6, 6.07) is 3.47. The number of hydrogen-bond donors (Lipinski definition) is 0. The molecule has 5 nitrogen and oxygen atoms in total. The van der Waals surface area contributed by atoms with Crippen molar-refractivity contribution in [3.05, 3.63) is 57.4 Å². The van der Waals surface area contributed by atoms with Crippen LogP contribution in [0.15, 0.2) is 33.8 Å². The molecule has 0 N–H and O–H groups in total. The summed E-state index contributed by atoms with van der Waals surface area (Å²) in [7, 11) is 1.35. The fraction of sp³-hybridized carbons (Fsp3) is 0.294. The van der Waals surface area contributed by atoms with E-state index in [0.717, 1.165) is 21.3 Å². The van der Waals surface area contributed by atoms with E-state index >= 15 is 0 Å². The molecular formula is C17H18BrNO4. The molecule has 1 aromatic heterocycles. The molecule has 6 heteroatoms. The molecule has 1 aromatic carbocycles. The molecule has 0 atom stereocenters. The van der Waals surface area contributed by atoms with Crippen LogP contribution in [-0.2, 0) is 17.8 Å². The average molecular weight is 380 g/mol. The summed E-state index contributed by atoms with van der Waals surface area (Å²) in [6.45, 7) is 7.74. The van der Waals surface area contributed by atoms with Gasteiger partial charge in [0.2, 0.25) is 0 Å². The highest BCUT2D eigenvalue weighted by molar-refractivity contribution is 9.10. The molecule has 0 amide bonds. The highest BCUT2D eigenvalue weighted by atomic mass is 79.9. The van der Waals surface area contributed by atoms with Crippen molar-refractivity contribution in [2.45, 2.75) is 26.9 Å². The van der Waals surface area contributed by atoms with Crippen LogP contribution in [-0.4, -0.2) is 18.2 Å². The first kappa shape index (κ1) is 17.3. The number of aryl methyl sites for hydroxylation is 2. The number of carbonyl (C=O) groups excluding carboxylic acids is 1. The van der Waals surface area contributed by atoms with Gasteiger partial charge in [-0.15, -0.1) is 6.58 Å². The summed E-state index contributed by atoms with van der Waals surface area (Å²) in [5.74, 6) is 0.900. The topological polar surface area (TPSA) is 61.6 Å². The number of benzene rings is 1. The average Bonchev–Trinajstić information content (AvgIpc) is 2.85.